The lowest BCUT2D eigenvalue weighted by molar-refractivity contribution is -0.122. The van der Waals surface area contributed by atoms with Crippen molar-refractivity contribution in [3.05, 3.63) is 47.4 Å². The number of hydrogen-bond acceptors (Lipinski definition) is 4. The van der Waals surface area contributed by atoms with E-state index in [1.54, 1.807) is 0 Å². The second-order valence-corrected chi connectivity index (χ2v) is 10.2. The van der Waals surface area contributed by atoms with Crippen LogP contribution >= 0.6 is 34.0 Å². The summed E-state index contributed by atoms with van der Waals surface area (Å²) < 4.78 is 2.32. The molecule has 0 aromatic carbocycles. The first-order valence-corrected chi connectivity index (χ1v) is 11.6. The number of piperidine rings is 1. The van der Waals surface area contributed by atoms with Gasteiger partial charge in [0.1, 0.15) is 5.78 Å². The predicted molar refractivity (Wildman–Crippen MR) is 148 cm³/mol. The zero-order valence-corrected chi connectivity index (χ0v) is 23.5. The van der Waals surface area contributed by atoms with Gasteiger partial charge >= 0.3 is 0 Å². The van der Waals surface area contributed by atoms with Crippen molar-refractivity contribution < 1.29 is 4.79 Å². The Hall–Kier alpha value is -1.28. The summed E-state index contributed by atoms with van der Waals surface area (Å²) in [7, 11) is 6.25. The number of Topliss-reactive ketones (excluding diaryl/α,β-unsaturated/α-hetero) is 1. The average molecular weight is 580 g/mol. The van der Waals surface area contributed by atoms with Crippen LogP contribution in [-0.2, 0) is 11.2 Å². The van der Waals surface area contributed by atoms with Crippen LogP contribution in [0.2, 0.25) is 0 Å². The summed E-state index contributed by atoms with van der Waals surface area (Å²) in [5, 5.41) is 0. The SMILES string of the molecule is Br.Br.CC1C2=C(C=CC1C(=O)CCN(C)C)n1ccc3c1C(=CC1(CCN(C)CC1)C3)C=N2. The van der Waals surface area contributed by atoms with Gasteiger partial charge in [0.15, 0.2) is 0 Å². The van der Waals surface area contributed by atoms with Gasteiger partial charge in [0.25, 0.3) is 0 Å². The highest BCUT2D eigenvalue weighted by atomic mass is 79.9. The third-order valence-electron chi connectivity index (χ3n) is 7.70. The maximum Gasteiger partial charge on any atom is 0.141 e. The molecule has 180 valence electrons. The Kier molecular flexibility index (Phi) is 8.09. The van der Waals surface area contributed by atoms with E-state index in [1.807, 2.05) is 14.1 Å². The fourth-order valence-electron chi connectivity index (χ4n) is 5.72. The average Bonchev–Trinajstić information content (AvgIpc) is 3.09. The lowest BCUT2D eigenvalue weighted by atomic mass is 9.69. The number of allylic oxidation sites excluding steroid dienone is 6. The summed E-state index contributed by atoms with van der Waals surface area (Å²) in [4.78, 5) is 22.4. The summed E-state index contributed by atoms with van der Waals surface area (Å²) >= 11 is 0. The molecular formula is C26H36Br2N4O. The van der Waals surface area contributed by atoms with Crippen molar-refractivity contribution in [2.45, 2.75) is 32.6 Å². The van der Waals surface area contributed by atoms with E-state index in [0.29, 0.717) is 12.2 Å². The van der Waals surface area contributed by atoms with Crippen molar-refractivity contribution in [1.82, 2.24) is 14.4 Å². The normalized spacial score (nSPS) is 25.1. The Morgan fingerprint density at radius 3 is 2.67 bits per heavy atom. The quantitative estimate of drug-likeness (QED) is 0.510. The van der Waals surface area contributed by atoms with Crippen LogP contribution in [0.5, 0.6) is 0 Å². The van der Waals surface area contributed by atoms with Crippen molar-refractivity contribution in [3.63, 3.8) is 0 Å². The molecule has 2 atom stereocenters. The molecule has 2 aliphatic heterocycles. The Labute approximate surface area is 218 Å². The Morgan fingerprint density at radius 2 is 1.97 bits per heavy atom. The number of likely N-dealkylation sites (tertiary alicyclic amines) is 1. The third-order valence-corrected chi connectivity index (χ3v) is 7.70. The Balaban J connectivity index is 0.00000153. The van der Waals surface area contributed by atoms with Gasteiger partial charge in [-0.15, -0.1) is 34.0 Å². The predicted octanol–water partition coefficient (Wildman–Crippen LogP) is 4.89. The van der Waals surface area contributed by atoms with Crippen molar-refractivity contribution >= 4 is 57.2 Å². The van der Waals surface area contributed by atoms with Gasteiger partial charge in [0.2, 0.25) is 0 Å². The number of ketones is 1. The van der Waals surface area contributed by atoms with Crippen LogP contribution in [0, 0.1) is 17.3 Å². The molecule has 1 spiro atoms. The van der Waals surface area contributed by atoms with Crippen LogP contribution in [0.4, 0.5) is 0 Å². The van der Waals surface area contributed by atoms with Gasteiger partial charge < -0.3 is 14.4 Å². The van der Waals surface area contributed by atoms with Crippen LogP contribution in [0.3, 0.4) is 0 Å². The molecule has 0 bridgehead atoms. The van der Waals surface area contributed by atoms with E-state index in [9.17, 15) is 4.79 Å². The van der Waals surface area contributed by atoms with Gasteiger partial charge in [-0.2, -0.15) is 0 Å². The van der Waals surface area contributed by atoms with Crippen LogP contribution in [0.1, 0.15) is 37.4 Å². The van der Waals surface area contributed by atoms with Gasteiger partial charge in [-0.1, -0.05) is 19.1 Å². The maximum atomic E-state index is 12.9. The lowest BCUT2D eigenvalue weighted by Gasteiger charge is -2.41. The van der Waals surface area contributed by atoms with Crippen LogP contribution in [0.15, 0.2) is 41.2 Å². The zero-order valence-electron chi connectivity index (χ0n) is 20.1. The first-order chi connectivity index (χ1) is 14.9. The summed E-state index contributed by atoms with van der Waals surface area (Å²) in [5.41, 5.74) is 6.41. The number of rotatable bonds is 4. The number of halogens is 2. The van der Waals surface area contributed by atoms with Crippen molar-refractivity contribution in [1.29, 1.82) is 0 Å². The van der Waals surface area contributed by atoms with E-state index in [4.69, 9.17) is 4.99 Å². The van der Waals surface area contributed by atoms with Crippen molar-refractivity contribution in [2.24, 2.45) is 22.2 Å². The number of carbonyl (C=O) groups excluding carboxylic acids is 1. The molecule has 2 unspecified atom stereocenters. The minimum Gasteiger partial charge on any atom is -0.314 e. The lowest BCUT2D eigenvalue weighted by Crippen LogP contribution is -2.39. The van der Waals surface area contributed by atoms with Gasteiger partial charge in [0.05, 0.1) is 17.1 Å². The molecule has 1 fully saturated rings. The standard InChI is InChI=1S/C26H34N4O.2BrH/c1-18-21(23(31)8-11-28(2)3)5-6-22-24(18)27-17-20-16-26(9-13-29(4)14-10-26)15-19-7-12-30(22)25(19)20;;/h5-7,12,16-18,21H,8-11,13-15H2,1-4H3;2*1H. The molecule has 33 heavy (non-hydrogen) atoms. The summed E-state index contributed by atoms with van der Waals surface area (Å²) in [5.74, 6) is 0.300. The van der Waals surface area contributed by atoms with Gasteiger partial charge in [-0.25, -0.2) is 0 Å². The molecule has 1 saturated heterocycles. The minimum atomic E-state index is -0.0924. The first kappa shape index (κ1) is 26.3. The maximum absolute atomic E-state index is 12.9. The van der Waals surface area contributed by atoms with Crippen molar-refractivity contribution in [2.75, 3.05) is 40.8 Å². The number of aliphatic imine (C=N–C) groups is 1. The second kappa shape index (κ2) is 10.1. The smallest absolute Gasteiger partial charge is 0.141 e. The third kappa shape index (κ3) is 4.79. The minimum absolute atomic E-state index is 0. The molecule has 0 N–H and O–H groups in total. The monoisotopic (exact) mass is 578 g/mol. The van der Waals surface area contributed by atoms with E-state index in [1.165, 1.54) is 29.7 Å². The van der Waals surface area contributed by atoms with E-state index >= 15 is 0 Å². The fourth-order valence-corrected chi connectivity index (χ4v) is 5.72. The van der Waals surface area contributed by atoms with Crippen LogP contribution in [-0.4, -0.2) is 67.1 Å². The summed E-state index contributed by atoms with van der Waals surface area (Å²) in [6.45, 7) is 5.26. The fraction of sp³-hybridized carbons (Fsp3) is 0.538. The Morgan fingerprint density at radius 1 is 1.24 bits per heavy atom. The molecule has 0 amide bonds. The summed E-state index contributed by atoms with van der Waals surface area (Å²) in [6.07, 6.45) is 15.2. The number of hydrogen-bond donors (Lipinski definition) is 0. The second-order valence-electron chi connectivity index (χ2n) is 10.2. The van der Waals surface area contributed by atoms with E-state index in [0.717, 1.165) is 37.4 Å². The molecule has 1 aromatic rings. The molecule has 5 rings (SSSR count). The van der Waals surface area contributed by atoms with Crippen molar-refractivity contribution in [3.8, 4) is 0 Å². The highest BCUT2D eigenvalue weighted by molar-refractivity contribution is 8.93. The van der Waals surface area contributed by atoms with Gasteiger partial charge in [-0.3, -0.25) is 9.79 Å². The van der Waals surface area contributed by atoms with E-state index in [-0.39, 0.29) is 51.2 Å². The molecule has 0 radical (unpaired) electrons. The topological polar surface area (TPSA) is 40.8 Å². The number of nitrogens with zero attached hydrogens (tertiary/aromatic N) is 4. The van der Waals surface area contributed by atoms with Gasteiger partial charge in [-0.05, 0) is 76.6 Å². The van der Waals surface area contributed by atoms with Crippen LogP contribution < -0.4 is 0 Å². The number of fused-ring (bicyclic) bond motifs is 1. The van der Waals surface area contributed by atoms with E-state index < -0.39 is 0 Å². The summed E-state index contributed by atoms with van der Waals surface area (Å²) in [6, 6.07) is 2.30. The van der Waals surface area contributed by atoms with E-state index in [2.05, 4.69) is 65.0 Å². The largest absolute Gasteiger partial charge is 0.314 e. The van der Waals surface area contributed by atoms with Gasteiger partial charge in [0, 0.05) is 42.8 Å². The molecule has 5 nitrogen and oxygen atoms in total. The number of carbonyl (C=O) groups is 1. The zero-order chi connectivity index (χ0) is 21.8. The highest BCUT2D eigenvalue weighted by Crippen LogP contribution is 2.46. The molecule has 3 heterocycles. The highest BCUT2D eigenvalue weighted by Gasteiger charge is 2.39. The molecule has 0 saturated carbocycles. The molecule has 4 aliphatic rings. The molecule has 7 heteroatoms. The Bertz CT molecular complexity index is 1030. The first-order valence-electron chi connectivity index (χ1n) is 11.6. The molecule has 2 aliphatic carbocycles. The molecule has 1 aromatic heterocycles. The van der Waals surface area contributed by atoms with Crippen LogP contribution in [0.25, 0.3) is 11.3 Å². The molecular weight excluding hydrogens is 544 g/mol. The number of aromatic nitrogens is 1.